The zero-order valence-electron chi connectivity index (χ0n) is 16.5. The van der Waals surface area contributed by atoms with Gasteiger partial charge in [0.2, 0.25) is 11.8 Å². The van der Waals surface area contributed by atoms with Gasteiger partial charge in [-0.3, -0.25) is 34.3 Å². The van der Waals surface area contributed by atoms with Crippen LogP contribution in [0.5, 0.6) is 0 Å². The third kappa shape index (κ3) is 3.08. The Labute approximate surface area is 173 Å². The first kappa shape index (κ1) is 19.2. The average molecular weight is 414 g/mol. The number of nitrogens with one attached hydrogen (secondary N) is 1. The number of hydrogen-bond acceptors (Lipinski definition) is 6. The summed E-state index contributed by atoms with van der Waals surface area (Å²) < 4.78 is 13.7. The molecule has 0 radical (unpaired) electrons. The van der Waals surface area contributed by atoms with Crippen molar-refractivity contribution in [2.24, 2.45) is 0 Å². The van der Waals surface area contributed by atoms with Crippen molar-refractivity contribution in [3.63, 3.8) is 0 Å². The lowest BCUT2D eigenvalue weighted by Crippen LogP contribution is -2.61. The van der Waals surface area contributed by atoms with Gasteiger partial charge in [-0.1, -0.05) is 0 Å². The van der Waals surface area contributed by atoms with Gasteiger partial charge in [-0.2, -0.15) is 0 Å². The van der Waals surface area contributed by atoms with Crippen LogP contribution in [0.15, 0.2) is 18.2 Å². The van der Waals surface area contributed by atoms with E-state index in [1.54, 1.807) is 12.1 Å². The lowest BCUT2D eigenvalue weighted by Gasteiger charge is -2.48. The second-order valence-corrected chi connectivity index (χ2v) is 8.47. The van der Waals surface area contributed by atoms with Crippen molar-refractivity contribution in [2.75, 3.05) is 31.1 Å². The highest BCUT2D eigenvalue weighted by Crippen LogP contribution is 2.33. The minimum atomic E-state index is -0.959. The molecular weight excluding hydrogens is 391 g/mol. The van der Waals surface area contributed by atoms with Crippen molar-refractivity contribution in [2.45, 2.75) is 43.9 Å². The molecule has 4 heterocycles. The van der Waals surface area contributed by atoms with E-state index in [9.17, 15) is 23.6 Å². The lowest BCUT2D eigenvalue weighted by molar-refractivity contribution is -0.136. The number of likely N-dealkylation sites (tertiary alicyclic amines) is 1. The smallest absolute Gasteiger partial charge is 0.262 e. The molecule has 9 heteroatoms. The Morgan fingerprint density at radius 1 is 0.967 bits per heavy atom. The van der Waals surface area contributed by atoms with Crippen molar-refractivity contribution in [1.29, 1.82) is 0 Å². The monoisotopic (exact) mass is 414 g/mol. The molecule has 1 N–H and O–H groups in total. The van der Waals surface area contributed by atoms with E-state index in [2.05, 4.69) is 15.1 Å². The third-order valence-corrected chi connectivity index (χ3v) is 6.56. The largest absolute Gasteiger partial charge is 0.368 e. The van der Waals surface area contributed by atoms with Crippen molar-refractivity contribution in [1.82, 2.24) is 15.1 Å². The number of benzene rings is 1. The van der Waals surface area contributed by atoms with Crippen molar-refractivity contribution < 1.29 is 23.6 Å². The average Bonchev–Trinajstić information content (AvgIpc) is 2.92. The minimum absolute atomic E-state index is 0.0977. The van der Waals surface area contributed by atoms with Gasteiger partial charge < -0.3 is 4.90 Å². The number of rotatable bonds is 3. The van der Waals surface area contributed by atoms with Crippen LogP contribution in [-0.2, 0) is 9.59 Å². The highest BCUT2D eigenvalue weighted by atomic mass is 19.1. The first-order valence-electron chi connectivity index (χ1n) is 10.4. The summed E-state index contributed by atoms with van der Waals surface area (Å²) in [6.45, 7) is 2.91. The molecule has 5 rings (SSSR count). The second kappa shape index (κ2) is 7.16. The molecule has 3 saturated heterocycles. The molecule has 4 amide bonds. The van der Waals surface area contributed by atoms with Crippen LogP contribution in [0.1, 0.15) is 46.4 Å². The number of halogens is 1. The summed E-state index contributed by atoms with van der Waals surface area (Å²) in [6, 6.07) is 4.48. The fourth-order valence-electron chi connectivity index (χ4n) is 4.84. The maximum Gasteiger partial charge on any atom is 0.262 e. The number of amides is 4. The van der Waals surface area contributed by atoms with Crippen LogP contribution < -0.4 is 10.2 Å². The summed E-state index contributed by atoms with van der Waals surface area (Å²) in [6.07, 6.45) is 0.999. The highest BCUT2D eigenvalue weighted by Gasteiger charge is 2.45. The fourth-order valence-corrected chi connectivity index (χ4v) is 4.84. The molecular formula is C21H23FN4O4. The van der Waals surface area contributed by atoms with E-state index in [0.717, 1.165) is 36.6 Å². The zero-order chi connectivity index (χ0) is 21.0. The summed E-state index contributed by atoms with van der Waals surface area (Å²) in [5, 5.41) is 2.20. The van der Waals surface area contributed by atoms with E-state index in [-0.39, 0.29) is 24.0 Å². The first-order valence-corrected chi connectivity index (χ1v) is 10.4. The molecule has 0 saturated carbocycles. The first-order chi connectivity index (χ1) is 14.4. The van der Waals surface area contributed by atoms with E-state index in [0.29, 0.717) is 19.0 Å². The number of nitrogens with zero attached hydrogens (tertiary/aromatic N) is 3. The van der Waals surface area contributed by atoms with Gasteiger partial charge in [0.15, 0.2) is 0 Å². The summed E-state index contributed by atoms with van der Waals surface area (Å²) in [7, 11) is 0. The van der Waals surface area contributed by atoms with Gasteiger partial charge in [0.25, 0.3) is 11.8 Å². The number of anilines is 1. The molecule has 4 aliphatic rings. The number of carbonyl (C=O) groups is 4. The molecule has 3 fully saturated rings. The molecule has 0 spiro atoms. The zero-order valence-corrected chi connectivity index (χ0v) is 16.5. The topological polar surface area (TPSA) is 90.0 Å². The van der Waals surface area contributed by atoms with Crippen molar-refractivity contribution in [3.05, 3.63) is 29.3 Å². The Kier molecular flexibility index (Phi) is 4.57. The number of hydrogen-bond donors (Lipinski definition) is 1. The summed E-state index contributed by atoms with van der Waals surface area (Å²) >= 11 is 0. The minimum Gasteiger partial charge on any atom is -0.368 e. The number of piperidine rings is 2. The van der Waals surface area contributed by atoms with Crippen LogP contribution in [0, 0.1) is 0 Å². The second-order valence-electron chi connectivity index (χ2n) is 8.47. The van der Waals surface area contributed by atoms with Crippen molar-refractivity contribution >= 4 is 29.3 Å². The Morgan fingerprint density at radius 2 is 1.73 bits per heavy atom. The van der Waals surface area contributed by atoms with Gasteiger partial charge >= 0.3 is 0 Å². The SMILES string of the molecule is O=C1CCC(N2C(=O)c3ccc(N4CC(N5CCC[C@@H](F)C5)C4)cc3C2=O)C(=O)N1. The predicted molar refractivity (Wildman–Crippen MR) is 105 cm³/mol. The molecule has 8 nitrogen and oxygen atoms in total. The number of alkyl halides is 1. The molecule has 0 bridgehead atoms. The molecule has 0 aliphatic carbocycles. The van der Waals surface area contributed by atoms with Gasteiger partial charge in [-0.05, 0) is 44.0 Å². The molecule has 0 aromatic heterocycles. The van der Waals surface area contributed by atoms with E-state index in [4.69, 9.17) is 0 Å². The van der Waals surface area contributed by atoms with E-state index >= 15 is 0 Å². The Hall–Kier alpha value is -2.81. The van der Waals surface area contributed by atoms with Gasteiger partial charge in [-0.25, -0.2) is 4.39 Å². The molecule has 1 unspecified atom stereocenters. The number of carbonyl (C=O) groups excluding carboxylic acids is 4. The summed E-state index contributed by atoms with van der Waals surface area (Å²) in [4.78, 5) is 54.5. The number of fused-ring (bicyclic) bond motifs is 1. The Morgan fingerprint density at radius 3 is 2.47 bits per heavy atom. The lowest BCUT2D eigenvalue weighted by atomic mass is 10.00. The molecule has 1 aromatic rings. The van der Waals surface area contributed by atoms with Gasteiger partial charge in [0, 0.05) is 37.8 Å². The maximum atomic E-state index is 13.7. The van der Waals surface area contributed by atoms with Gasteiger partial charge in [-0.15, -0.1) is 0 Å². The van der Waals surface area contributed by atoms with Gasteiger partial charge in [0.1, 0.15) is 12.2 Å². The Bertz CT molecular complexity index is 945. The normalized spacial score (nSPS) is 27.9. The van der Waals surface area contributed by atoms with Crippen LogP contribution in [0.3, 0.4) is 0 Å². The van der Waals surface area contributed by atoms with E-state index in [1.165, 1.54) is 0 Å². The molecule has 30 heavy (non-hydrogen) atoms. The molecule has 1 aromatic carbocycles. The van der Waals surface area contributed by atoms with Crippen LogP contribution in [0.2, 0.25) is 0 Å². The fraction of sp³-hybridized carbons (Fsp3) is 0.524. The van der Waals surface area contributed by atoms with Crippen LogP contribution in [0.25, 0.3) is 0 Å². The predicted octanol–water partition coefficient (Wildman–Crippen LogP) is 0.710. The molecule has 4 aliphatic heterocycles. The maximum absolute atomic E-state index is 13.7. The highest BCUT2D eigenvalue weighted by molar-refractivity contribution is 6.23. The van der Waals surface area contributed by atoms with Crippen LogP contribution >= 0.6 is 0 Å². The van der Waals surface area contributed by atoms with E-state index < -0.39 is 35.8 Å². The third-order valence-electron chi connectivity index (χ3n) is 6.56. The van der Waals surface area contributed by atoms with E-state index in [1.807, 2.05) is 6.07 Å². The van der Waals surface area contributed by atoms with Crippen LogP contribution in [0.4, 0.5) is 10.1 Å². The van der Waals surface area contributed by atoms with Crippen molar-refractivity contribution in [3.8, 4) is 0 Å². The summed E-state index contributed by atoms with van der Waals surface area (Å²) in [5.74, 6) is -2.01. The quantitative estimate of drug-likeness (QED) is 0.733. The summed E-state index contributed by atoms with van der Waals surface area (Å²) in [5.41, 5.74) is 1.40. The Balaban J connectivity index is 1.30. The van der Waals surface area contributed by atoms with Crippen LogP contribution in [-0.4, -0.2) is 77.9 Å². The number of imide groups is 2. The van der Waals surface area contributed by atoms with Gasteiger partial charge in [0.05, 0.1) is 11.1 Å². The molecule has 158 valence electrons. The molecule has 2 atom stereocenters. The standard InChI is InChI=1S/C21H23FN4O4/c22-12-2-1-7-24(9-12)14-10-25(11-14)13-3-4-15-16(8-13)21(30)26(20(15)29)17-5-6-18(27)23-19(17)28/h3-4,8,12,14,17H,1-2,5-7,9-11H2,(H,23,27,28)/t12-,17?/m1/s1.